The van der Waals surface area contributed by atoms with Crippen molar-refractivity contribution in [3.8, 4) is 0 Å². The maximum Gasteiger partial charge on any atom is 0.0552 e. The standard InChI is InChI=1S/C17H26N2O/c1-3-18-11-17(8-9-20-13-17)12-19-14(2)10-15-6-4-5-7-16(15)19/h4-7,14,18H,3,8-13H2,1-2H3. The van der Waals surface area contributed by atoms with Crippen molar-refractivity contribution >= 4 is 5.69 Å². The molecule has 0 spiro atoms. The Morgan fingerprint density at radius 1 is 1.40 bits per heavy atom. The first kappa shape index (κ1) is 13.9. The molecule has 0 aromatic heterocycles. The molecule has 0 aliphatic carbocycles. The van der Waals surface area contributed by atoms with Crippen molar-refractivity contribution in [2.45, 2.75) is 32.7 Å². The first-order chi connectivity index (χ1) is 9.74. The molecule has 1 aromatic carbocycles. The van der Waals surface area contributed by atoms with E-state index in [1.807, 2.05) is 0 Å². The molecule has 2 aliphatic rings. The maximum atomic E-state index is 5.72. The summed E-state index contributed by atoms with van der Waals surface area (Å²) in [5, 5.41) is 3.54. The third-order valence-electron chi connectivity index (χ3n) is 4.79. The number of para-hydroxylation sites is 1. The van der Waals surface area contributed by atoms with Crippen LogP contribution in [0.2, 0.25) is 0 Å². The van der Waals surface area contributed by atoms with Crippen molar-refractivity contribution in [1.29, 1.82) is 0 Å². The van der Waals surface area contributed by atoms with Gasteiger partial charge in [0.2, 0.25) is 0 Å². The fraction of sp³-hybridized carbons (Fsp3) is 0.647. The number of fused-ring (bicyclic) bond motifs is 1. The zero-order valence-corrected chi connectivity index (χ0v) is 12.7. The van der Waals surface area contributed by atoms with Gasteiger partial charge in [0, 0.05) is 36.8 Å². The third kappa shape index (κ3) is 2.57. The van der Waals surface area contributed by atoms with Crippen molar-refractivity contribution in [1.82, 2.24) is 5.32 Å². The summed E-state index contributed by atoms with van der Waals surface area (Å²) >= 11 is 0. The van der Waals surface area contributed by atoms with E-state index in [-0.39, 0.29) is 5.41 Å². The van der Waals surface area contributed by atoms with Gasteiger partial charge in [-0.25, -0.2) is 0 Å². The normalized spacial score (nSPS) is 28.9. The van der Waals surface area contributed by atoms with Crippen LogP contribution in [0.15, 0.2) is 24.3 Å². The Bertz CT molecular complexity index is 454. The van der Waals surface area contributed by atoms with Crippen LogP contribution < -0.4 is 10.2 Å². The Kier molecular flexibility index (Phi) is 3.99. The van der Waals surface area contributed by atoms with Gasteiger partial charge in [0.25, 0.3) is 0 Å². The van der Waals surface area contributed by atoms with Crippen molar-refractivity contribution in [2.24, 2.45) is 5.41 Å². The number of hydrogen-bond acceptors (Lipinski definition) is 3. The van der Waals surface area contributed by atoms with E-state index in [1.165, 1.54) is 24.1 Å². The lowest BCUT2D eigenvalue weighted by Crippen LogP contribution is -2.46. The first-order valence-electron chi connectivity index (χ1n) is 7.87. The van der Waals surface area contributed by atoms with Crippen LogP contribution in [-0.4, -0.2) is 38.9 Å². The largest absolute Gasteiger partial charge is 0.381 e. The van der Waals surface area contributed by atoms with Crippen LogP contribution in [0, 0.1) is 5.41 Å². The van der Waals surface area contributed by atoms with E-state index in [0.29, 0.717) is 6.04 Å². The van der Waals surface area contributed by atoms with E-state index in [9.17, 15) is 0 Å². The molecule has 2 heterocycles. The Balaban J connectivity index is 1.78. The molecule has 1 N–H and O–H groups in total. The minimum Gasteiger partial charge on any atom is -0.381 e. The topological polar surface area (TPSA) is 24.5 Å². The maximum absolute atomic E-state index is 5.72. The van der Waals surface area contributed by atoms with Gasteiger partial charge in [-0.15, -0.1) is 0 Å². The number of rotatable bonds is 5. The summed E-state index contributed by atoms with van der Waals surface area (Å²) in [5.74, 6) is 0. The summed E-state index contributed by atoms with van der Waals surface area (Å²) in [5.41, 5.74) is 3.21. The predicted octanol–water partition coefficient (Wildman–Crippen LogP) is 2.45. The zero-order valence-electron chi connectivity index (χ0n) is 12.7. The van der Waals surface area contributed by atoms with Crippen molar-refractivity contribution in [3.05, 3.63) is 29.8 Å². The summed E-state index contributed by atoms with van der Waals surface area (Å²) in [7, 11) is 0. The van der Waals surface area contributed by atoms with E-state index in [2.05, 4.69) is 48.3 Å². The lowest BCUT2D eigenvalue weighted by atomic mass is 9.86. The molecule has 110 valence electrons. The van der Waals surface area contributed by atoms with Crippen molar-refractivity contribution in [3.63, 3.8) is 0 Å². The molecule has 1 saturated heterocycles. The molecule has 0 amide bonds. The average molecular weight is 274 g/mol. The second-order valence-corrected chi connectivity index (χ2v) is 6.39. The van der Waals surface area contributed by atoms with Crippen LogP contribution >= 0.6 is 0 Å². The molecule has 2 atom stereocenters. The fourth-order valence-electron chi connectivity index (χ4n) is 3.59. The van der Waals surface area contributed by atoms with Crippen LogP contribution in [0.25, 0.3) is 0 Å². The van der Waals surface area contributed by atoms with Gasteiger partial charge in [0.15, 0.2) is 0 Å². The third-order valence-corrected chi connectivity index (χ3v) is 4.79. The van der Waals surface area contributed by atoms with E-state index < -0.39 is 0 Å². The van der Waals surface area contributed by atoms with Crippen LogP contribution in [0.4, 0.5) is 5.69 Å². The van der Waals surface area contributed by atoms with E-state index >= 15 is 0 Å². The molecule has 0 bridgehead atoms. The number of hydrogen-bond donors (Lipinski definition) is 1. The zero-order chi connectivity index (χ0) is 14.0. The molecular weight excluding hydrogens is 248 g/mol. The number of nitrogens with zero attached hydrogens (tertiary/aromatic N) is 1. The smallest absolute Gasteiger partial charge is 0.0552 e. The minimum atomic E-state index is 0.279. The molecule has 1 aromatic rings. The van der Waals surface area contributed by atoms with Crippen LogP contribution in [0.3, 0.4) is 0 Å². The summed E-state index contributed by atoms with van der Waals surface area (Å²) < 4.78 is 5.72. The summed E-state index contributed by atoms with van der Waals surface area (Å²) in [6.07, 6.45) is 2.35. The second kappa shape index (κ2) is 5.74. The van der Waals surface area contributed by atoms with E-state index in [0.717, 1.165) is 32.8 Å². The molecule has 3 rings (SSSR count). The SMILES string of the molecule is CCNCC1(CN2c3ccccc3CC2C)CCOC1. The molecular formula is C17H26N2O. The fourth-order valence-corrected chi connectivity index (χ4v) is 3.59. The van der Waals surface area contributed by atoms with E-state index in [1.54, 1.807) is 0 Å². The van der Waals surface area contributed by atoms with Gasteiger partial charge in [-0.2, -0.15) is 0 Å². The molecule has 1 fully saturated rings. The highest BCUT2D eigenvalue weighted by atomic mass is 16.5. The average Bonchev–Trinajstić information content (AvgIpc) is 3.04. The molecule has 0 radical (unpaired) electrons. The summed E-state index contributed by atoms with van der Waals surface area (Å²) in [6, 6.07) is 9.46. The lowest BCUT2D eigenvalue weighted by molar-refractivity contribution is 0.151. The first-order valence-corrected chi connectivity index (χ1v) is 7.87. The summed E-state index contributed by atoms with van der Waals surface area (Å²) in [6.45, 7) is 9.54. The van der Waals surface area contributed by atoms with Gasteiger partial charge in [0.1, 0.15) is 0 Å². The molecule has 2 aliphatic heterocycles. The van der Waals surface area contributed by atoms with Gasteiger partial charge in [-0.3, -0.25) is 0 Å². The minimum absolute atomic E-state index is 0.279. The van der Waals surface area contributed by atoms with Crippen LogP contribution in [-0.2, 0) is 11.2 Å². The Morgan fingerprint density at radius 2 is 2.25 bits per heavy atom. The predicted molar refractivity (Wildman–Crippen MR) is 83.4 cm³/mol. The summed E-state index contributed by atoms with van der Waals surface area (Å²) in [4.78, 5) is 2.60. The number of anilines is 1. The molecule has 3 nitrogen and oxygen atoms in total. The van der Waals surface area contributed by atoms with E-state index in [4.69, 9.17) is 4.74 Å². The van der Waals surface area contributed by atoms with Gasteiger partial charge in [-0.1, -0.05) is 25.1 Å². The van der Waals surface area contributed by atoms with Gasteiger partial charge in [0.05, 0.1) is 6.61 Å². The number of benzene rings is 1. The Hall–Kier alpha value is -1.06. The van der Waals surface area contributed by atoms with Gasteiger partial charge < -0.3 is 15.0 Å². The van der Waals surface area contributed by atoms with Crippen molar-refractivity contribution < 1.29 is 4.74 Å². The van der Waals surface area contributed by atoms with Crippen molar-refractivity contribution in [2.75, 3.05) is 37.7 Å². The highest BCUT2D eigenvalue weighted by molar-refractivity contribution is 5.59. The highest BCUT2D eigenvalue weighted by Crippen LogP contribution is 2.37. The lowest BCUT2D eigenvalue weighted by Gasteiger charge is -2.36. The quantitative estimate of drug-likeness (QED) is 0.892. The van der Waals surface area contributed by atoms with Gasteiger partial charge in [-0.05, 0) is 37.9 Å². The van der Waals surface area contributed by atoms with Gasteiger partial charge >= 0.3 is 0 Å². The molecule has 20 heavy (non-hydrogen) atoms. The Labute approximate surface area is 122 Å². The molecule has 3 heteroatoms. The highest BCUT2D eigenvalue weighted by Gasteiger charge is 2.39. The van der Waals surface area contributed by atoms with Crippen LogP contribution in [0.1, 0.15) is 25.8 Å². The Morgan fingerprint density at radius 3 is 3.00 bits per heavy atom. The monoisotopic (exact) mass is 274 g/mol. The number of nitrogens with one attached hydrogen (secondary N) is 1. The molecule has 2 unspecified atom stereocenters. The molecule has 0 saturated carbocycles. The number of ether oxygens (including phenoxy) is 1. The second-order valence-electron chi connectivity index (χ2n) is 6.39. The van der Waals surface area contributed by atoms with Crippen LogP contribution in [0.5, 0.6) is 0 Å².